The maximum absolute atomic E-state index is 10.9. The number of likely N-dealkylation sites (tertiary alicyclic amines) is 1. The zero-order valence-corrected chi connectivity index (χ0v) is 10.6. The molecule has 1 saturated heterocycles. The fourth-order valence-corrected chi connectivity index (χ4v) is 2.42. The van der Waals surface area contributed by atoms with Gasteiger partial charge in [-0.1, -0.05) is 17.7 Å². The Labute approximate surface area is 107 Å². The van der Waals surface area contributed by atoms with Gasteiger partial charge in [0.1, 0.15) is 5.75 Å². The average molecular weight is 249 g/mol. The lowest BCUT2D eigenvalue weighted by Gasteiger charge is -2.30. The van der Waals surface area contributed by atoms with Crippen LogP contribution in [0.2, 0.25) is 0 Å². The van der Waals surface area contributed by atoms with Crippen molar-refractivity contribution in [2.45, 2.75) is 26.3 Å². The quantitative estimate of drug-likeness (QED) is 0.860. The van der Waals surface area contributed by atoms with Gasteiger partial charge in [0, 0.05) is 12.1 Å². The number of phenols is 1. The molecule has 0 saturated carbocycles. The summed E-state index contributed by atoms with van der Waals surface area (Å²) in [5.41, 5.74) is 2.05. The van der Waals surface area contributed by atoms with Crippen LogP contribution in [0.5, 0.6) is 5.75 Å². The van der Waals surface area contributed by atoms with Crippen LogP contribution in [0, 0.1) is 12.8 Å². The number of hydrogen-bond donors (Lipinski definition) is 2. The molecule has 0 amide bonds. The molecule has 4 heteroatoms. The zero-order chi connectivity index (χ0) is 13.1. The summed E-state index contributed by atoms with van der Waals surface area (Å²) in [5.74, 6) is -0.568. The van der Waals surface area contributed by atoms with Gasteiger partial charge in [0.15, 0.2) is 0 Å². The van der Waals surface area contributed by atoms with Gasteiger partial charge < -0.3 is 10.2 Å². The molecule has 1 fully saturated rings. The Bertz CT molecular complexity index is 437. The molecule has 2 N–H and O–H groups in total. The van der Waals surface area contributed by atoms with Gasteiger partial charge in [0.25, 0.3) is 0 Å². The van der Waals surface area contributed by atoms with Crippen molar-refractivity contribution < 1.29 is 15.0 Å². The van der Waals surface area contributed by atoms with Crippen LogP contribution in [0.15, 0.2) is 18.2 Å². The summed E-state index contributed by atoms with van der Waals surface area (Å²) in [6.07, 6.45) is 1.39. The zero-order valence-electron chi connectivity index (χ0n) is 10.6. The van der Waals surface area contributed by atoms with Crippen LogP contribution < -0.4 is 0 Å². The number of aryl methyl sites for hydroxylation is 1. The maximum Gasteiger partial charge on any atom is 0.306 e. The molecule has 0 aliphatic carbocycles. The van der Waals surface area contributed by atoms with Crippen molar-refractivity contribution in [1.29, 1.82) is 0 Å². The first-order valence-electron chi connectivity index (χ1n) is 6.30. The lowest BCUT2D eigenvalue weighted by Crippen LogP contribution is -2.35. The van der Waals surface area contributed by atoms with Crippen molar-refractivity contribution >= 4 is 5.97 Å². The molecule has 0 bridgehead atoms. The van der Waals surface area contributed by atoms with Crippen molar-refractivity contribution in [3.8, 4) is 5.75 Å². The third kappa shape index (κ3) is 3.01. The number of carboxylic acid groups (broad SMARTS) is 1. The molecule has 1 aromatic rings. The largest absolute Gasteiger partial charge is 0.508 e. The SMILES string of the molecule is Cc1ccc(O)c(CN2CCC(C(=O)O)CC2)c1. The number of piperidine rings is 1. The summed E-state index contributed by atoms with van der Waals surface area (Å²) in [4.78, 5) is 13.1. The standard InChI is InChI=1S/C14H19NO3/c1-10-2-3-13(16)12(8-10)9-15-6-4-11(5-7-15)14(17)18/h2-3,8,11,16H,4-7,9H2,1H3,(H,17,18). The van der Waals surface area contributed by atoms with Gasteiger partial charge in [-0.2, -0.15) is 0 Å². The monoisotopic (exact) mass is 249 g/mol. The molecule has 0 radical (unpaired) electrons. The summed E-state index contributed by atoms with van der Waals surface area (Å²) < 4.78 is 0. The first-order valence-corrected chi connectivity index (χ1v) is 6.30. The number of carbonyl (C=O) groups is 1. The number of aliphatic carboxylic acids is 1. The summed E-state index contributed by atoms with van der Waals surface area (Å²) >= 11 is 0. The number of carboxylic acids is 1. The van der Waals surface area contributed by atoms with Crippen LogP contribution in [0.25, 0.3) is 0 Å². The number of aromatic hydroxyl groups is 1. The topological polar surface area (TPSA) is 60.8 Å². The summed E-state index contributed by atoms with van der Waals surface area (Å²) in [6.45, 7) is 4.26. The molecular formula is C14H19NO3. The van der Waals surface area contributed by atoms with E-state index in [9.17, 15) is 9.90 Å². The maximum atomic E-state index is 10.9. The van der Waals surface area contributed by atoms with E-state index in [0.29, 0.717) is 25.1 Å². The number of nitrogens with zero attached hydrogens (tertiary/aromatic N) is 1. The van der Waals surface area contributed by atoms with E-state index in [1.54, 1.807) is 6.07 Å². The third-order valence-corrected chi connectivity index (χ3v) is 3.57. The van der Waals surface area contributed by atoms with E-state index in [-0.39, 0.29) is 5.92 Å². The van der Waals surface area contributed by atoms with Crippen LogP contribution >= 0.6 is 0 Å². The Hall–Kier alpha value is -1.55. The normalized spacial score (nSPS) is 17.8. The predicted molar refractivity (Wildman–Crippen MR) is 68.5 cm³/mol. The minimum atomic E-state index is -0.687. The van der Waals surface area contributed by atoms with Crippen molar-refractivity contribution in [1.82, 2.24) is 4.90 Å². The van der Waals surface area contributed by atoms with Crippen LogP contribution in [-0.4, -0.2) is 34.2 Å². The molecule has 0 spiro atoms. The van der Waals surface area contributed by atoms with Gasteiger partial charge in [-0.15, -0.1) is 0 Å². The Morgan fingerprint density at radius 1 is 1.39 bits per heavy atom. The van der Waals surface area contributed by atoms with E-state index >= 15 is 0 Å². The van der Waals surface area contributed by atoms with Crippen molar-refractivity contribution in [3.05, 3.63) is 29.3 Å². The molecular weight excluding hydrogens is 230 g/mol. The van der Waals surface area contributed by atoms with E-state index in [4.69, 9.17) is 5.11 Å². The van der Waals surface area contributed by atoms with Crippen LogP contribution in [0.1, 0.15) is 24.0 Å². The molecule has 1 heterocycles. The molecule has 2 rings (SSSR count). The van der Waals surface area contributed by atoms with Crippen LogP contribution in [0.4, 0.5) is 0 Å². The molecule has 1 aromatic carbocycles. The van der Waals surface area contributed by atoms with Gasteiger partial charge in [-0.3, -0.25) is 9.69 Å². The predicted octanol–water partition coefficient (Wildman–Crippen LogP) is 2.00. The third-order valence-electron chi connectivity index (χ3n) is 3.57. The highest BCUT2D eigenvalue weighted by Crippen LogP contribution is 2.23. The second kappa shape index (κ2) is 5.40. The highest BCUT2D eigenvalue weighted by Gasteiger charge is 2.24. The smallest absolute Gasteiger partial charge is 0.306 e. The van der Waals surface area contributed by atoms with E-state index in [2.05, 4.69) is 4.90 Å². The molecule has 98 valence electrons. The second-order valence-electron chi connectivity index (χ2n) is 5.02. The first-order chi connectivity index (χ1) is 8.56. The fourth-order valence-electron chi connectivity index (χ4n) is 2.42. The lowest BCUT2D eigenvalue weighted by atomic mass is 9.96. The Morgan fingerprint density at radius 2 is 2.06 bits per heavy atom. The van der Waals surface area contributed by atoms with E-state index in [1.807, 2.05) is 19.1 Å². The van der Waals surface area contributed by atoms with Crippen molar-refractivity contribution in [2.24, 2.45) is 5.92 Å². The molecule has 1 aliphatic rings. The number of benzene rings is 1. The average Bonchev–Trinajstić information content (AvgIpc) is 2.34. The second-order valence-corrected chi connectivity index (χ2v) is 5.02. The first kappa shape index (κ1) is 12.9. The van der Waals surface area contributed by atoms with Gasteiger partial charge >= 0.3 is 5.97 Å². The highest BCUT2D eigenvalue weighted by molar-refractivity contribution is 5.70. The Morgan fingerprint density at radius 3 is 2.67 bits per heavy atom. The molecule has 1 aliphatic heterocycles. The van der Waals surface area contributed by atoms with Gasteiger partial charge in [-0.05, 0) is 38.9 Å². The van der Waals surface area contributed by atoms with Gasteiger partial charge in [0.2, 0.25) is 0 Å². The summed E-state index contributed by atoms with van der Waals surface area (Å²) in [6, 6.07) is 5.59. The van der Waals surface area contributed by atoms with E-state index in [1.165, 1.54) is 0 Å². The number of hydrogen-bond acceptors (Lipinski definition) is 3. The van der Waals surface area contributed by atoms with Crippen molar-refractivity contribution in [2.75, 3.05) is 13.1 Å². The van der Waals surface area contributed by atoms with Gasteiger partial charge in [-0.25, -0.2) is 0 Å². The molecule has 18 heavy (non-hydrogen) atoms. The molecule has 0 atom stereocenters. The summed E-state index contributed by atoms with van der Waals surface area (Å²) in [7, 11) is 0. The summed E-state index contributed by atoms with van der Waals surface area (Å²) in [5, 5.41) is 18.7. The lowest BCUT2D eigenvalue weighted by molar-refractivity contribution is -0.143. The van der Waals surface area contributed by atoms with E-state index < -0.39 is 5.97 Å². The minimum absolute atomic E-state index is 0.202. The molecule has 0 unspecified atom stereocenters. The Kier molecular flexibility index (Phi) is 3.87. The highest BCUT2D eigenvalue weighted by atomic mass is 16.4. The minimum Gasteiger partial charge on any atom is -0.508 e. The Balaban J connectivity index is 1.95. The van der Waals surface area contributed by atoms with Crippen LogP contribution in [-0.2, 0) is 11.3 Å². The fraction of sp³-hybridized carbons (Fsp3) is 0.500. The molecule has 0 aromatic heterocycles. The number of rotatable bonds is 3. The van der Waals surface area contributed by atoms with Crippen LogP contribution in [0.3, 0.4) is 0 Å². The van der Waals surface area contributed by atoms with Gasteiger partial charge in [0.05, 0.1) is 5.92 Å². The molecule has 4 nitrogen and oxygen atoms in total. The van der Waals surface area contributed by atoms with E-state index in [0.717, 1.165) is 24.2 Å². The number of phenolic OH excluding ortho intramolecular Hbond substituents is 1. The van der Waals surface area contributed by atoms with Crippen molar-refractivity contribution in [3.63, 3.8) is 0 Å².